The van der Waals surface area contributed by atoms with Gasteiger partial charge in [0.1, 0.15) is 11.2 Å². The third-order valence-corrected chi connectivity index (χ3v) is 7.08. The van der Waals surface area contributed by atoms with Crippen molar-refractivity contribution in [2.45, 2.75) is 51.2 Å². The molecule has 0 spiro atoms. The summed E-state index contributed by atoms with van der Waals surface area (Å²) in [6, 6.07) is 24.8. The number of imidazole rings is 1. The van der Waals surface area contributed by atoms with Gasteiger partial charge in [0.05, 0.1) is 22.6 Å². The molecule has 3 heterocycles. The van der Waals surface area contributed by atoms with E-state index in [1.165, 1.54) is 0 Å². The average Bonchev–Trinajstić information content (AvgIpc) is 3.54. The van der Waals surface area contributed by atoms with Gasteiger partial charge in [0.25, 0.3) is 0 Å². The number of hydrogen-bond acceptors (Lipinski definition) is 4. The number of rotatable bonds is 5. The largest absolute Gasteiger partial charge is 0.444 e. The quantitative estimate of drug-likeness (QED) is 0.286. The van der Waals surface area contributed by atoms with Crippen LogP contribution in [0.3, 0.4) is 0 Å². The second kappa shape index (κ2) is 9.17. The molecule has 38 heavy (non-hydrogen) atoms. The number of nitrogens with zero attached hydrogens (tertiary/aromatic N) is 4. The molecular formula is C31H31N5O2. The minimum Gasteiger partial charge on any atom is -0.444 e. The molecule has 7 heteroatoms. The first-order valence-electron chi connectivity index (χ1n) is 13.0. The van der Waals surface area contributed by atoms with Gasteiger partial charge in [-0.3, -0.25) is 4.40 Å². The fraction of sp³-hybridized carbons (Fsp3) is 0.258. The molecule has 5 aromatic rings. The number of pyridine rings is 1. The number of amides is 1. The summed E-state index contributed by atoms with van der Waals surface area (Å²) in [5.74, 6) is 0. The highest BCUT2D eigenvalue weighted by molar-refractivity contribution is 5.82. The number of benzene rings is 2. The first-order chi connectivity index (χ1) is 18.3. The molecule has 7 nitrogen and oxygen atoms in total. The van der Waals surface area contributed by atoms with Gasteiger partial charge in [-0.2, -0.15) is 5.10 Å². The van der Waals surface area contributed by atoms with Crippen LogP contribution in [0.5, 0.6) is 0 Å². The van der Waals surface area contributed by atoms with E-state index < -0.39 is 5.60 Å². The van der Waals surface area contributed by atoms with Crippen molar-refractivity contribution < 1.29 is 9.53 Å². The van der Waals surface area contributed by atoms with Crippen LogP contribution in [0.25, 0.3) is 33.8 Å². The molecule has 192 valence electrons. The lowest BCUT2D eigenvalue weighted by Gasteiger charge is -2.43. The van der Waals surface area contributed by atoms with E-state index >= 15 is 0 Å². The van der Waals surface area contributed by atoms with Crippen LogP contribution >= 0.6 is 0 Å². The van der Waals surface area contributed by atoms with Crippen LogP contribution in [-0.4, -0.2) is 30.9 Å². The van der Waals surface area contributed by atoms with Crippen molar-refractivity contribution in [2.24, 2.45) is 0 Å². The molecule has 1 amide bonds. The second-order valence-electron chi connectivity index (χ2n) is 10.9. The van der Waals surface area contributed by atoms with E-state index in [2.05, 4.69) is 51.2 Å². The highest BCUT2D eigenvalue weighted by Gasteiger charge is 2.41. The zero-order chi connectivity index (χ0) is 26.3. The van der Waals surface area contributed by atoms with Crippen LogP contribution in [0.15, 0.2) is 91.4 Å². The van der Waals surface area contributed by atoms with E-state index in [4.69, 9.17) is 9.72 Å². The molecule has 0 atom stereocenters. The standard InChI is InChI=1S/C31H31N5O2/c1-30(2,3)38-29(37)34-31(16-7-17-31)24-13-11-22(12-14-24)27-28(23-9-5-4-6-10-23)35-20-15-25(21-26(35)33-27)36-19-8-18-32-36/h4-6,8-15,18-21H,7,16-17H2,1-3H3,(H,34,37). The second-order valence-corrected chi connectivity index (χ2v) is 10.9. The maximum Gasteiger partial charge on any atom is 0.408 e. The minimum atomic E-state index is -0.535. The van der Waals surface area contributed by atoms with Crippen LogP contribution in [0.1, 0.15) is 45.6 Å². The molecule has 0 saturated heterocycles. The predicted molar refractivity (Wildman–Crippen MR) is 148 cm³/mol. The van der Waals surface area contributed by atoms with Crippen LogP contribution in [0.4, 0.5) is 4.79 Å². The van der Waals surface area contributed by atoms with Crippen molar-refractivity contribution in [1.29, 1.82) is 0 Å². The molecule has 3 aromatic heterocycles. The van der Waals surface area contributed by atoms with Gasteiger partial charge >= 0.3 is 6.09 Å². The Balaban J connectivity index is 1.39. The van der Waals surface area contributed by atoms with E-state index in [1.54, 1.807) is 6.20 Å². The Morgan fingerprint density at radius 1 is 0.947 bits per heavy atom. The summed E-state index contributed by atoms with van der Waals surface area (Å²) in [6.45, 7) is 5.64. The number of fused-ring (bicyclic) bond motifs is 1. The highest BCUT2D eigenvalue weighted by atomic mass is 16.6. The number of aromatic nitrogens is 4. The molecule has 1 N–H and O–H groups in total. The summed E-state index contributed by atoms with van der Waals surface area (Å²) in [5.41, 5.74) is 6.01. The molecule has 0 radical (unpaired) electrons. The van der Waals surface area contributed by atoms with Gasteiger partial charge < -0.3 is 10.1 Å². The van der Waals surface area contributed by atoms with Gasteiger partial charge in [0.2, 0.25) is 0 Å². The summed E-state index contributed by atoms with van der Waals surface area (Å²) >= 11 is 0. The normalized spacial score (nSPS) is 14.7. The zero-order valence-corrected chi connectivity index (χ0v) is 21.9. The number of carbonyl (C=O) groups excluding carboxylic acids is 1. The first-order valence-corrected chi connectivity index (χ1v) is 13.0. The Hall–Kier alpha value is -4.39. The van der Waals surface area contributed by atoms with Crippen molar-refractivity contribution in [3.05, 3.63) is 97.0 Å². The summed E-state index contributed by atoms with van der Waals surface area (Å²) in [4.78, 5) is 17.7. The van der Waals surface area contributed by atoms with Crippen molar-refractivity contribution in [2.75, 3.05) is 0 Å². The number of nitrogens with one attached hydrogen (secondary N) is 1. The summed E-state index contributed by atoms with van der Waals surface area (Å²) in [6.07, 6.45) is 8.23. The lowest BCUT2D eigenvalue weighted by molar-refractivity contribution is 0.0377. The number of alkyl carbamates (subject to hydrolysis) is 1. The van der Waals surface area contributed by atoms with E-state index in [9.17, 15) is 4.79 Å². The fourth-order valence-corrected chi connectivity index (χ4v) is 5.13. The molecule has 1 aliphatic carbocycles. The highest BCUT2D eigenvalue weighted by Crippen LogP contribution is 2.42. The number of ether oxygens (including phenoxy) is 1. The van der Waals surface area contributed by atoms with E-state index in [-0.39, 0.29) is 11.6 Å². The Labute approximate surface area is 222 Å². The Bertz CT molecular complexity index is 1580. The smallest absolute Gasteiger partial charge is 0.408 e. The Morgan fingerprint density at radius 2 is 1.71 bits per heavy atom. The topological polar surface area (TPSA) is 73.4 Å². The molecule has 0 unspecified atom stereocenters. The summed E-state index contributed by atoms with van der Waals surface area (Å²) < 4.78 is 9.51. The molecular weight excluding hydrogens is 474 g/mol. The Morgan fingerprint density at radius 3 is 2.34 bits per heavy atom. The molecule has 1 fully saturated rings. The lowest BCUT2D eigenvalue weighted by atomic mass is 9.71. The zero-order valence-electron chi connectivity index (χ0n) is 21.9. The summed E-state index contributed by atoms with van der Waals surface area (Å²) in [7, 11) is 0. The molecule has 1 saturated carbocycles. The molecule has 2 aromatic carbocycles. The van der Waals surface area contributed by atoms with Crippen LogP contribution in [-0.2, 0) is 10.3 Å². The number of carbonyl (C=O) groups is 1. The van der Waals surface area contributed by atoms with Crippen molar-refractivity contribution in [3.8, 4) is 28.2 Å². The third-order valence-electron chi connectivity index (χ3n) is 7.08. The van der Waals surface area contributed by atoms with Gasteiger partial charge in [-0.1, -0.05) is 54.6 Å². The van der Waals surface area contributed by atoms with Crippen molar-refractivity contribution in [3.63, 3.8) is 0 Å². The molecule has 6 rings (SSSR count). The minimum absolute atomic E-state index is 0.374. The van der Waals surface area contributed by atoms with Crippen LogP contribution in [0, 0.1) is 0 Å². The van der Waals surface area contributed by atoms with Crippen molar-refractivity contribution in [1.82, 2.24) is 24.5 Å². The lowest BCUT2D eigenvalue weighted by Crippen LogP contribution is -2.52. The number of hydrogen-bond donors (Lipinski definition) is 1. The van der Waals surface area contributed by atoms with Crippen molar-refractivity contribution >= 4 is 11.7 Å². The first kappa shape index (κ1) is 24.0. The maximum atomic E-state index is 12.6. The summed E-state index contributed by atoms with van der Waals surface area (Å²) in [5, 5.41) is 7.52. The molecule has 1 aliphatic rings. The van der Waals surface area contributed by atoms with E-state index in [0.717, 1.165) is 58.7 Å². The average molecular weight is 506 g/mol. The van der Waals surface area contributed by atoms with Gasteiger partial charge in [0, 0.05) is 35.8 Å². The molecule has 0 aliphatic heterocycles. The monoisotopic (exact) mass is 505 g/mol. The third kappa shape index (κ3) is 4.45. The van der Waals surface area contributed by atoms with Crippen LogP contribution < -0.4 is 5.32 Å². The predicted octanol–water partition coefficient (Wildman–Crippen LogP) is 6.76. The van der Waals surface area contributed by atoms with E-state index in [0.29, 0.717) is 0 Å². The maximum absolute atomic E-state index is 12.6. The van der Waals surface area contributed by atoms with Gasteiger partial charge in [-0.15, -0.1) is 0 Å². The fourth-order valence-electron chi connectivity index (χ4n) is 5.13. The van der Waals surface area contributed by atoms with Gasteiger partial charge in [-0.05, 0) is 57.7 Å². The van der Waals surface area contributed by atoms with Crippen LogP contribution in [0.2, 0.25) is 0 Å². The van der Waals surface area contributed by atoms with E-state index in [1.807, 2.05) is 74.2 Å². The van der Waals surface area contributed by atoms with Gasteiger partial charge in [0.15, 0.2) is 0 Å². The molecule has 0 bridgehead atoms. The SMILES string of the molecule is CC(C)(C)OC(=O)NC1(c2ccc(-c3nc4cc(-n5cccn5)ccn4c3-c3ccccc3)cc2)CCC1. The van der Waals surface area contributed by atoms with Gasteiger partial charge in [-0.25, -0.2) is 14.5 Å². The Kier molecular flexibility index (Phi) is 5.79.